The van der Waals surface area contributed by atoms with E-state index in [2.05, 4.69) is 0 Å². The number of hydrogen-bond donors (Lipinski definition) is 0. The molecule has 14 heavy (non-hydrogen) atoms. The molecule has 3 heteroatoms. The van der Waals surface area contributed by atoms with E-state index in [9.17, 15) is 9.59 Å². The predicted molar refractivity (Wildman–Crippen MR) is 46.4 cm³/mol. The highest BCUT2D eigenvalue weighted by Crippen LogP contribution is 2.62. The maximum absolute atomic E-state index is 11.7. The Morgan fingerprint density at radius 2 is 1.50 bits per heavy atom. The van der Waals surface area contributed by atoms with Crippen molar-refractivity contribution in [3.63, 3.8) is 0 Å². The van der Waals surface area contributed by atoms with E-state index in [1.165, 1.54) is 12.2 Å². The van der Waals surface area contributed by atoms with Crippen LogP contribution in [0.1, 0.15) is 6.42 Å². The van der Waals surface area contributed by atoms with Gasteiger partial charge in [0.15, 0.2) is 11.6 Å². The number of ether oxygens (including phenoxy) is 1. The molecule has 6 atom stereocenters. The lowest BCUT2D eigenvalue weighted by Crippen LogP contribution is -2.39. The van der Waals surface area contributed by atoms with Crippen LogP contribution in [-0.4, -0.2) is 23.8 Å². The second-order valence-electron chi connectivity index (χ2n) is 4.82. The summed E-state index contributed by atoms with van der Waals surface area (Å²) in [6.07, 6.45) is 4.57. The Morgan fingerprint density at radius 3 is 2.00 bits per heavy atom. The molecule has 1 saturated heterocycles. The normalized spacial score (nSPS) is 57.4. The first-order valence-electron chi connectivity index (χ1n) is 5.18. The summed E-state index contributed by atoms with van der Waals surface area (Å²) in [4.78, 5) is 23.4. The minimum atomic E-state index is -0.0405. The molecular weight excluding hydrogens is 180 g/mol. The molecule has 1 aliphatic heterocycles. The molecular formula is C11H10O3. The lowest BCUT2D eigenvalue weighted by molar-refractivity contribution is -0.130. The van der Waals surface area contributed by atoms with Gasteiger partial charge < -0.3 is 4.74 Å². The highest BCUT2D eigenvalue weighted by atomic mass is 16.6. The Kier molecular flexibility index (Phi) is 1.05. The van der Waals surface area contributed by atoms with Gasteiger partial charge in [-0.3, -0.25) is 9.59 Å². The highest BCUT2D eigenvalue weighted by molar-refractivity contribution is 6.08. The summed E-state index contributed by atoms with van der Waals surface area (Å²) < 4.78 is 5.50. The molecule has 0 N–H and O–H groups in total. The summed E-state index contributed by atoms with van der Waals surface area (Å²) in [6.45, 7) is 0. The molecule has 0 radical (unpaired) electrons. The first-order valence-corrected chi connectivity index (χ1v) is 5.18. The zero-order valence-corrected chi connectivity index (χ0v) is 7.55. The average Bonchev–Trinajstić information content (AvgIpc) is 2.79. The molecule has 4 aliphatic rings. The summed E-state index contributed by atoms with van der Waals surface area (Å²) in [5.41, 5.74) is 0. The minimum absolute atomic E-state index is 0.0405. The van der Waals surface area contributed by atoms with Crippen LogP contribution in [0.3, 0.4) is 0 Å². The van der Waals surface area contributed by atoms with E-state index in [4.69, 9.17) is 4.74 Å². The molecule has 0 spiro atoms. The van der Waals surface area contributed by atoms with Crippen LogP contribution >= 0.6 is 0 Å². The number of carbonyl (C=O) groups excluding carboxylic acids is 2. The van der Waals surface area contributed by atoms with Gasteiger partial charge in [-0.05, 0) is 30.4 Å². The van der Waals surface area contributed by atoms with E-state index in [1.807, 2.05) is 0 Å². The SMILES string of the molecule is O=C1C=CC(=O)[C@H]2[C@H]3C[C@@H]([C@H]4O[C@H]34)[C@@H]12. The number of fused-ring (bicyclic) bond motifs is 8. The Labute approximate surface area is 81.1 Å². The summed E-state index contributed by atoms with van der Waals surface area (Å²) in [7, 11) is 0. The van der Waals surface area contributed by atoms with E-state index >= 15 is 0 Å². The van der Waals surface area contributed by atoms with Crippen LogP contribution in [0.2, 0.25) is 0 Å². The topological polar surface area (TPSA) is 46.7 Å². The van der Waals surface area contributed by atoms with Crippen LogP contribution < -0.4 is 0 Å². The maximum Gasteiger partial charge on any atom is 0.160 e. The first kappa shape index (κ1) is 7.35. The van der Waals surface area contributed by atoms with Crippen LogP contribution in [0, 0.1) is 23.7 Å². The smallest absolute Gasteiger partial charge is 0.160 e. The number of rotatable bonds is 0. The molecule has 1 heterocycles. The molecule has 2 saturated carbocycles. The fraction of sp³-hybridized carbons (Fsp3) is 0.636. The highest BCUT2D eigenvalue weighted by Gasteiger charge is 2.70. The van der Waals surface area contributed by atoms with Crippen molar-refractivity contribution >= 4 is 11.6 Å². The summed E-state index contributed by atoms with van der Waals surface area (Å²) >= 11 is 0. The van der Waals surface area contributed by atoms with Gasteiger partial charge >= 0.3 is 0 Å². The van der Waals surface area contributed by atoms with E-state index in [0.717, 1.165) is 6.42 Å². The maximum atomic E-state index is 11.7. The van der Waals surface area contributed by atoms with Crippen molar-refractivity contribution in [2.75, 3.05) is 0 Å². The molecule has 0 amide bonds. The van der Waals surface area contributed by atoms with Crippen LogP contribution in [0.5, 0.6) is 0 Å². The third-order valence-corrected chi connectivity index (χ3v) is 4.33. The molecule has 0 aromatic heterocycles. The molecule has 3 nitrogen and oxygen atoms in total. The number of ketones is 2. The molecule has 0 unspecified atom stereocenters. The fourth-order valence-electron chi connectivity index (χ4n) is 3.80. The van der Waals surface area contributed by atoms with Crippen LogP contribution in [-0.2, 0) is 14.3 Å². The number of carbonyl (C=O) groups is 2. The van der Waals surface area contributed by atoms with Crippen LogP contribution in [0.4, 0.5) is 0 Å². The van der Waals surface area contributed by atoms with Gasteiger partial charge in [-0.2, -0.15) is 0 Å². The minimum Gasteiger partial charge on any atom is -0.369 e. The van der Waals surface area contributed by atoms with Gasteiger partial charge in [0.2, 0.25) is 0 Å². The Bertz CT molecular complexity index is 350. The molecule has 0 aromatic carbocycles. The number of allylic oxidation sites excluding steroid dienone is 2. The Morgan fingerprint density at radius 1 is 1.00 bits per heavy atom. The first-order chi connectivity index (χ1) is 6.77. The largest absolute Gasteiger partial charge is 0.369 e. The summed E-state index contributed by atoms with van der Waals surface area (Å²) in [5.74, 6) is 0.905. The van der Waals surface area contributed by atoms with E-state index < -0.39 is 0 Å². The monoisotopic (exact) mass is 190 g/mol. The average molecular weight is 190 g/mol. The van der Waals surface area contributed by atoms with E-state index in [1.54, 1.807) is 0 Å². The molecule has 2 bridgehead atoms. The van der Waals surface area contributed by atoms with Gasteiger partial charge in [-0.1, -0.05) is 0 Å². The van der Waals surface area contributed by atoms with Crippen molar-refractivity contribution in [2.45, 2.75) is 18.6 Å². The summed E-state index contributed by atoms with van der Waals surface area (Å²) in [6, 6.07) is 0. The molecule has 4 rings (SSSR count). The standard InChI is InChI=1S/C11H10O3/c12-6-1-2-7(13)9-5-3-4(8(6)9)10-11(5)14-10/h1-2,4-5,8-11H,3H2/t4-,5-,8-,9+,10-,11-/m1/s1. The zero-order chi connectivity index (χ0) is 9.45. The van der Waals surface area contributed by atoms with Crippen molar-refractivity contribution in [1.29, 1.82) is 0 Å². The fourth-order valence-corrected chi connectivity index (χ4v) is 3.80. The Hall–Kier alpha value is -0.960. The van der Waals surface area contributed by atoms with Crippen molar-refractivity contribution < 1.29 is 14.3 Å². The van der Waals surface area contributed by atoms with Gasteiger partial charge in [-0.25, -0.2) is 0 Å². The third-order valence-electron chi connectivity index (χ3n) is 4.33. The van der Waals surface area contributed by atoms with E-state index in [0.29, 0.717) is 24.0 Å². The van der Waals surface area contributed by atoms with Gasteiger partial charge in [0.25, 0.3) is 0 Å². The van der Waals surface area contributed by atoms with Crippen molar-refractivity contribution in [2.24, 2.45) is 23.7 Å². The second kappa shape index (κ2) is 2.01. The molecule has 3 aliphatic carbocycles. The summed E-state index contributed by atoms with van der Waals surface area (Å²) in [5, 5.41) is 0. The van der Waals surface area contributed by atoms with Crippen molar-refractivity contribution in [3.05, 3.63) is 12.2 Å². The quantitative estimate of drug-likeness (QED) is 0.517. The van der Waals surface area contributed by atoms with Crippen molar-refractivity contribution in [1.82, 2.24) is 0 Å². The molecule has 3 fully saturated rings. The van der Waals surface area contributed by atoms with Gasteiger partial charge in [0.1, 0.15) is 0 Å². The van der Waals surface area contributed by atoms with E-state index in [-0.39, 0.29) is 23.4 Å². The second-order valence-corrected chi connectivity index (χ2v) is 4.82. The number of hydrogen-bond acceptors (Lipinski definition) is 3. The number of epoxide rings is 1. The lowest BCUT2D eigenvalue weighted by atomic mass is 9.72. The van der Waals surface area contributed by atoms with Crippen molar-refractivity contribution in [3.8, 4) is 0 Å². The lowest BCUT2D eigenvalue weighted by Gasteiger charge is -2.27. The van der Waals surface area contributed by atoms with Gasteiger partial charge in [-0.15, -0.1) is 0 Å². The predicted octanol–water partition coefficient (Wildman–Crippen LogP) is 0.344. The Balaban J connectivity index is 1.84. The van der Waals surface area contributed by atoms with Gasteiger partial charge in [0, 0.05) is 11.8 Å². The van der Waals surface area contributed by atoms with Crippen LogP contribution in [0.15, 0.2) is 12.2 Å². The van der Waals surface area contributed by atoms with Crippen LogP contribution in [0.25, 0.3) is 0 Å². The zero-order valence-electron chi connectivity index (χ0n) is 7.55. The third kappa shape index (κ3) is 0.630. The molecule has 72 valence electrons. The van der Waals surface area contributed by atoms with Gasteiger partial charge in [0.05, 0.1) is 12.2 Å². The molecule has 0 aromatic rings.